The summed E-state index contributed by atoms with van der Waals surface area (Å²) in [5.74, 6) is 0.0972. The molecule has 3 rings (SSSR count). The molecule has 0 aromatic heterocycles. The van der Waals surface area contributed by atoms with Crippen LogP contribution in [0.1, 0.15) is 24.1 Å². The Bertz CT molecular complexity index is 458. The number of hydrogen-bond acceptors (Lipinski definition) is 3. The molecule has 0 radical (unpaired) electrons. The second kappa shape index (κ2) is 4.13. The van der Waals surface area contributed by atoms with Gasteiger partial charge in [0.1, 0.15) is 0 Å². The average molecular weight is 231 g/mol. The summed E-state index contributed by atoms with van der Waals surface area (Å²) >= 11 is 0. The molecule has 3 N–H and O–H groups in total. The number of carbonyl (C=O) groups is 1. The van der Waals surface area contributed by atoms with Crippen molar-refractivity contribution in [2.24, 2.45) is 0 Å². The van der Waals surface area contributed by atoms with Crippen LogP contribution in [0.15, 0.2) is 18.2 Å². The third-order valence-electron chi connectivity index (χ3n) is 3.57. The Kier molecular flexibility index (Phi) is 2.61. The Labute approximate surface area is 101 Å². The summed E-state index contributed by atoms with van der Waals surface area (Å²) in [4.78, 5) is 11.3. The van der Waals surface area contributed by atoms with E-state index in [9.17, 15) is 4.79 Å². The molecule has 1 amide bonds. The fourth-order valence-corrected chi connectivity index (χ4v) is 2.67. The third-order valence-corrected chi connectivity index (χ3v) is 3.57. The minimum Gasteiger partial charge on any atom is -0.326 e. The van der Waals surface area contributed by atoms with Crippen molar-refractivity contribution in [1.82, 2.24) is 10.6 Å². The second-order valence-corrected chi connectivity index (χ2v) is 4.82. The number of anilines is 1. The van der Waals surface area contributed by atoms with Crippen LogP contribution in [0.4, 0.5) is 5.69 Å². The maximum absolute atomic E-state index is 11.3. The number of nitrogens with one attached hydrogen (secondary N) is 3. The number of fused-ring (bicyclic) bond motifs is 1. The van der Waals surface area contributed by atoms with E-state index in [-0.39, 0.29) is 5.91 Å². The van der Waals surface area contributed by atoms with Crippen LogP contribution < -0.4 is 16.0 Å². The smallest absolute Gasteiger partial charge is 0.228 e. The number of rotatable bonds is 1. The molecule has 17 heavy (non-hydrogen) atoms. The van der Waals surface area contributed by atoms with Gasteiger partial charge in [-0.2, -0.15) is 0 Å². The molecule has 2 heterocycles. The van der Waals surface area contributed by atoms with Crippen LogP contribution in [-0.2, 0) is 11.2 Å². The lowest BCUT2D eigenvalue weighted by Gasteiger charge is -2.31. The maximum atomic E-state index is 11.3. The Morgan fingerprint density at radius 1 is 1.24 bits per heavy atom. The zero-order valence-electron chi connectivity index (χ0n) is 9.92. The molecule has 0 aliphatic carbocycles. The van der Waals surface area contributed by atoms with Crippen LogP contribution in [0.5, 0.6) is 0 Å². The van der Waals surface area contributed by atoms with Gasteiger partial charge in [-0.1, -0.05) is 12.1 Å². The number of piperazine rings is 1. The van der Waals surface area contributed by atoms with Crippen molar-refractivity contribution in [1.29, 1.82) is 0 Å². The van der Waals surface area contributed by atoms with Crippen molar-refractivity contribution >= 4 is 11.6 Å². The minimum absolute atomic E-state index is 0.0972. The fraction of sp³-hybridized carbons (Fsp3) is 0.462. The normalized spacial score (nSPS) is 27.7. The van der Waals surface area contributed by atoms with Crippen molar-refractivity contribution in [3.8, 4) is 0 Å². The van der Waals surface area contributed by atoms with E-state index >= 15 is 0 Å². The van der Waals surface area contributed by atoms with Crippen molar-refractivity contribution in [3.63, 3.8) is 0 Å². The molecule has 4 heteroatoms. The van der Waals surface area contributed by atoms with E-state index in [0.29, 0.717) is 18.5 Å². The Balaban J connectivity index is 1.89. The molecule has 1 saturated heterocycles. The molecule has 0 bridgehead atoms. The van der Waals surface area contributed by atoms with E-state index in [0.717, 1.165) is 24.3 Å². The van der Waals surface area contributed by atoms with Gasteiger partial charge in [-0.3, -0.25) is 4.79 Å². The summed E-state index contributed by atoms with van der Waals surface area (Å²) in [7, 11) is 0. The van der Waals surface area contributed by atoms with Crippen LogP contribution in [0.25, 0.3) is 0 Å². The van der Waals surface area contributed by atoms with Crippen LogP contribution >= 0.6 is 0 Å². The van der Waals surface area contributed by atoms with Gasteiger partial charge in [0.25, 0.3) is 0 Å². The molecule has 2 atom stereocenters. The molecule has 0 spiro atoms. The summed E-state index contributed by atoms with van der Waals surface area (Å²) in [5.41, 5.74) is 3.35. The largest absolute Gasteiger partial charge is 0.326 e. The highest BCUT2D eigenvalue weighted by Gasteiger charge is 2.24. The molecular weight excluding hydrogens is 214 g/mol. The van der Waals surface area contributed by atoms with Gasteiger partial charge < -0.3 is 16.0 Å². The molecule has 2 aliphatic rings. The molecular formula is C13H17N3O. The summed E-state index contributed by atoms with van der Waals surface area (Å²) in [6.45, 7) is 4.19. The van der Waals surface area contributed by atoms with Gasteiger partial charge in [0.05, 0.1) is 6.42 Å². The van der Waals surface area contributed by atoms with E-state index in [1.165, 1.54) is 5.56 Å². The highest BCUT2D eigenvalue weighted by atomic mass is 16.1. The standard InChI is InChI=1S/C13H17N3O/c1-8-13(15-5-4-14-8)9-2-3-11-10(6-9)7-12(17)16-11/h2-3,6,8,13-15H,4-5,7H2,1H3,(H,16,17). The van der Waals surface area contributed by atoms with Gasteiger partial charge >= 0.3 is 0 Å². The Hall–Kier alpha value is -1.39. The summed E-state index contributed by atoms with van der Waals surface area (Å²) in [5, 5.41) is 9.85. The van der Waals surface area contributed by atoms with Crippen LogP contribution in [0.2, 0.25) is 0 Å². The number of hydrogen-bond donors (Lipinski definition) is 3. The van der Waals surface area contributed by atoms with Gasteiger partial charge in [-0.25, -0.2) is 0 Å². The first-order valence-electron chi connectivity index (χ1n) is 6.13. The van der Waals surface area contributed by atoms with Gasteiger partial charge in [0.15, 0.2) is 0 Å². The first kappa shape index (κ1) is 10.7. The average Bonchev–Trinajstić information content (AvgIpc) is 2.68. The lowest BCUT2D eigenvalue weighted by Crippen LogP contribution is -2.49. The molecule has 1 aromatic rings. The maximum Gasteiger partial charge on any atom is 0.228 e. The van der Waals surface area contributed by atoms with E-state index in [2.05, 4.69) is 35.0 Å². The minimum atomic E-state index is 0.0972. The zero-order chi connectivity index (χ0) is 11.8. The van der Waals surface area contributed by atoms with Gasteiger partial charge in [-0.05, 0) is 24.1 Å². The fourth-order valence-electron chi connectivity index (χ4n) is 2.67. The van der Waals surface area contributed by atoms with E-state index in [1.807, 2.05) is 6.07 Å². The first-order chi connectivity index (χ1) is 8.24. The second-order valence-electron chi connectivity index (χ2n) is 4.82. The predicted molar refractivity (Wildman–Crippen MR) is 67.0 cm³/mol. The van der Waals surface area contributed by atoms with Crippen LogP contribution in [0, 0.1) is 0 Å². The number of benzene rings is 1. The molecule has 2 aliphatic heterocycles. The Morgan fingerprint density at radius 2 is 2.06 bits per heavy atom. The topological polar surface area (TPSA) is 53.2 Å². The quantitative estimate of drug-likeness (QED) is 0.670. The van der Waals surface area contributed by atoms with E-state index in [1.54, 1.807) is 0 Å². The number of carbonyl (C=O) groups excluding carboxylic acids is 1. The summed E-state index contributed by atoms with van der Waals surface area (Å²) < 4.78 is 0. The Morgan fingerprint density at radius 3 is 2.88 bits per heavy atom. The first-order valence-corrected chi connectivity index (χ1v) is 6.13. The van der Waals surface area contributed by atoms with Crippen LogP contribution in [0.3, 0.4) is 0 Å². The van der Waals surface area contributed by atoms with Crippen molar-refractivity contribution in [3.05, 3.63) is 29.3 Å². The summed E-state index contributed by atoms with van der Waals surface area (Å²) in [6, 6.07) is 7.02. The SMILES string of the molecule is CC1NCCNC1c1ccc2c(c1)CC(=O)N2. The molecule has 1 aromatic carbocycles. The highest BCUT2D eigenvalue weighted by molar-refractivity contribution is 5.99. The molecule has 4 nitrogen and oxygen atoms in total. The third kappa shape index (κ3) is 1.94. The van der Waals surface area contributed by atoms with Gasteiger partial charge in [0, 0.05) is 30.9 Å². The van der Waals surface area contributed by atoms with E-state index < -0.39 is 0 Å². The molecule has 0 saturated carbocycles. The van der Waals surface area contributed by atoms with Crippen molar-refractivity contribution in [2.75, 3.05) is 18.4 Å². The lowest BCUT2D eigenvalue weighted by molar-refractivity contribution is -0.115. The summed E-state index contributed by atoms with van der Waals surface area (Å²) in [6.07, 6.45) is 0.512. The van der Waals surface area contributed by atoms with Gasteiger partial charge in [0.2, 0.25) is 5.91 Å². The van der Waals surface area contributed by atoms with E-state index in [4.69, 9.17) is 0 Å². The predicted octanol–water partition coefficient (Wildman–Crippen LogP) is 0.804. The van der Waals surface area contributed by atoms with Crippen LogP contribution in [-0.4, -0.2) is 25.0 Å². The number of amides is 1. The van der Waals surface area contributed by atoms with Crippen molar-refractivity contribution < 1.29 is 4.79 Å². The van der Waals surface area contributed by atoms with Crippen molar-refractivity contribution in [2.45, 2.75) is 25.4 Å². The monoisotopic (exact) mass is 231 g/mol. The molecule has 1 fully saturated rings. The molecule has 90 valence electrons. The zero-order valence-corrected chi connectivity index (χ0v) is 9.92. The lowest BCUT2D eigenvalue weighted by atomic mass is 9.96. The van der Waals surface area contributed by atoms with Gasteiger partial charge in [-0.15, -0.1) is 0 Å². The highest BCUT2D eigenvalue weighted by Crippen LogP contribution is 2.28. The molecule has 2 unspecified atom stereocenters.